The summed E-state index contributed by atoms with van der Waals surface area (Å²) in [6.45, 7) is 4.00. The number of carbonyl (C=O) groups excluding carboxylic acids is 1. The topological polar surface area (TPSA) is 82.7 Å². The van der Waals surface area contributed by atoms with Crippen LogP contribution in [0.4, 0.5) is 0 Å². The number of aromatic nitrogens is 2. The summed E-state index contributed by atoms with van der Waals surface area (Å²) in [4.78, 5) is 13.2. The lowest BCUT2D eigenvalue weighted by molar-refractivity contribution is 0.103. The molecule has 7 heteroatoms. The first-order valence-corrected chi connectivity index (χ1v) is 9.40. The van der Waals surface area contributed by atoms with Gasteiger partial charge in [0.25, 0.3) is 0 Å². The molecule has 0 spiro atoms. The molecule has 7 nitrogen and oxygen atoms in total. The fraction of sp³-hybridized carbons (Fsp3) is 0.304. The fourth-order valence-corrected chi connectivity index (χ4v) is 3.00. The highest BCUT2D eigenvalue weighted by Crippen LogP contribution is 2.39. The number of methoxy groups -OCH3 is 4. The van der Waals surface area contributed by atoms with Crippen molar-refractivity contribution in [2.45, 2.75) is 20.0 Å². The van der Waals surface area contributed by atoms with Crippen molar-refractivity contribution in [1.29, 1.82) is 0 Å². The number of allylic oxidation sites excluding steroid dienone is 1. The molecule has 1 aliphatic rings. The van der Waals surface area contributed by atoms with Gasteiger partial charge in [0, 0.05) is 18.2 Å². The first-order valence-electron chi connectivity index (χ1n) is 9.40. The fourth-order valence-electron chi connectivity index (χ4n) is 3.00. The largest absolute Gasteiger partial charge is 0.493 e. The molecule has 0 amide bonds. The standard InChI is InChI=1S/C21H20N2O5.C2H6/c1-6-12-9-14(25-2)7-8-15-18(12)22-23-19(15)20(24)13-10-16(26-3)21(28-5)17(11-13)27-4;1-2/h1,7-11,14H,2-5H3,(H,22,23);1-2H3. The number of ether oxygens (including phenoxy) is 4. The number of fused-ring (bicyclic) bond motifs is 1. The van der Waals surface area contributed by atoms with Crippen molar-refractivity contribution in [3.63, 3.8) is 0 Å². The quantitative estimate of drug-likeness (QED) is 0.577. The number of aromatic amines is 1. The van der Waals surface area contributed by atoms with Gasteiger partial charge in [-0.25, -0.2) is 0 Å². The number of hydrogen-bond donors (Lipinski definition) is 1. The Morgan fingerprint density at radius 3 is 2.23 bits per heavy atom. The normalized spacial score (nSPS) is 14.3. The summed E-state index contributed by atoms with van der Waals surface area (Å²) in [7, 11) is 6.06. The first kappa shape index (κ1) is 22.8. The Bertz CT molecular complexity index is 986. The second-order valence-corrected chi connectivity index (χ2v) is 5.89. The maximum Gasteiger partial charge on any atom is 0.211 e. The summed E-state index contributed by atoms with van der Waals surface area (Å²) in [6, 6.07) is 3.18. The minimum atomic E-state index is -0.302. The lowest BCUT2D eigenvalue weighted by atomic mass is 10.0. The van der Waals surface area contributed by atoms with Gasteiger partial charge in [-0.15, -0.1) is 6.42 Å². The number of hydrogen-bond acceptors (Lipinski definition) is 6. The summed E-state index contributed by atoms with van der Waals surface area (Å²) in [5.41, 5.74) is 2.33. The minimum Gasteiger partial charge on any atom is -0.493 e. The van der Waals surface area contributed by atoms with Crippen LogP contribution in [0, 0.1) is 12.3 Å². The average molecular weight is 410 g/mol. The van der Waals surface area contributed by atoms with Crippen LogP contribution in [0.3, 0.4) is 0 Å². The third kappa shape index (κ3) is 4.24. The van der Waals surface area contributed by atoms with Crippen molar-refractivity contribution in [3.05, 3.63) is 46.8 Å². The number of carbonyl (C=O) groups is 1. The second kappa shape index (κ2) is 10.3. The van der Waals surface area contributed by atoms with Gasteiger partial charge in [-0.2, -0.15) is 5.10 Å². The van der Waals surface area contributed by atoms with Crippen LogP contribution in [0.1, 0.15) is 41.2 Å². The minimum absolute atomic E-state index is 0.287. The third-order valence-corrected chi connectivity index (χ3v) is 4.42. The predicted octanol–water partition coefficient (Wildman–Crippen LogP) is 3.75. The van der Waals surface area contributed by atoms with Crippen molar-refractivity contribution in [2.24, 2.45) is 0 Å². The van der Waals surface area contributed by atoms with E-state index in [9.17, 15) is 4.79 Å². The summed E-state index contributed by atoms with van der Waals surface area (Å²) < 4.78 is 21.3. The molecule has 0 saturated carbocycles. The Hall–Kier alpha value is -3.50. The molecule has 0 radical (unpaired) electrons. The zero-order valence-electron chi connectivity index (χ0n) is 18.0. The zero-order valence-corrected chi connectivity index (χ0v) is 18.0. The molecule has 3 rings (SSSR count). The van der Waals surface area contributed by atoms with Crippen molar-refractivity contribution in [3.8, 4) is 29.6 Å². The zero-order chi connectivity index (χ0) is 22.3. The van der Waals surface area contributed by atoms with Gasteiger partial charge in [0.2, 0.25) is 11.5 Å². The van der Waals surface area contributed by atoms with Crippen molar-refractivity contribution in [2.75, 3.05) is 28.4 Å². The molecule has 1 N–H and O–H groups in total. The Labute approximate surface area is 176 Å². The van der Waals surface area contributed by atoms with Gasteiger partial charge in [-0.3, -0.25) is 9.89 Å². The number of H-pyrrole nitrogens is 1. The molecule has 0 bridgehead atoms. The van der Waals surface area contributed by atoms with Crippen LogP contribution >= 0.6 is 0 Å². The van der Waals surface area contributed by atoms with Gasteiger partial charge >= 0.3 is 0 Å². The van der Waals surface area contributed by atoms with E-state index in [1.165, 1.54) is 21.3 Å². The summed E-state index contributed by atoms with van der Waals surface area (Å²) in [5, 5.41) is 7.05. The Balaban J connectivity index is 0.00000155. The van der Waals surface area contributed by atoms with E-state index in [0.29, 0.717) is 45.3 Å². The van der Waals surface area contributed by atoms with Gasteiger partial charge in [0.15, 0.2) is 11.5 Å². The lowest BCUT2D eigenvalue weighted by Crippen LogP contribution is -2.06. The molecule has 1 unspecified atom stereocenters. The number of nitrogens with one attached hydrogen (secondary N) is 1. The maximum absolute atomic E-state index is 13.2. The number of terminal acetylenes is 1. The van der Waals surface area contributed by atoms with Gasteiger partial charge in [0.05, 0.1) is 33.0 Å². The highest BCUT2D eigenvalue weighted by atomic mass is 16.5. The van der Waals surface area contributed by atoms with Crippen molar-refractivity contribution in [1.82, 2.24) is 10.2 Å². The van der Waals surface area contributed by atoms with E-state index < -0.39 is 0 Å². The molecular weight excluding hydrogens is 384 g/mol. The molecule has 2 aromatic rings. The monoisotopic (exact) mass is 410 g/mol. The summed E-state index contributed by atoms with van der Waals surface area (Å²) >= 11 is 0. The average Bonchev–Trinajstić information content (AvgIpc) is 3.13. The smallest absolute Gasteiger partial charge is 0.211 e. The molecule has 0 fully saturated rings. The molecule has 1 aromatic heterocycles. The van der Waals surface area contributed by atoms with Crippen LogP contribution in [-0.4, -0.2) is 50.5 Å². The van der Waals surface area contributed by atoms with Crippen molar-refractivity contribution >= 4 is 17.4 Å². The Kier molecular flexibility index (Phi) is 7.84. The van der Waals surface area contributed by atoms with Crippen LogP contribution in [0.5, 0.6) is 17.2 Å². The summed E-state index contributed by atoms with van der Waals surface area (Å²) in [5.74, 6) is 3.49. The highest BCUT2D eigenvalue weighted by Gasteiger charge is 2.25. The molecule has 158 valence electrons. The van der Waals surface area contributed by atoms with E-state index in [4.69, 9.17) is 25.4 Å². The maximum atomic E-state index is 13.2. The molecular formula is C23H26N2O5. The van der Waals surface area contributed by atoms with Crippen LogP contribution in [0.25, 0.3) is 11.6 Å². The predicted molar refractivity (Wildman–Crippen MR) is 116 cm³/mol. The van der Waals surface area contributed by atoms with E-state index in [0.717, 1.165) is 0 Å². The van der Waals surface area contributed by atoms with Crippen LogP contribution in [-0.2, 0) is 4.74 Å². The number of benzene rings is 1. The van der Waals surface area contributed by atoms with E-state index in [2.05, 4.69) is 16.1 Å². The summed E-state index contributed by atoms with van der Waals surface area (Å²) in [6.07, 6.45) is 10.7. The van der Waals surface area contributed by atoms with Crippen LogP contribution < -0.4 is 14.2 Å². The molecule has 1 heterocycles. The van der Waals surface area contributed by atoms with Crippen LogP contribution in [0.15, 0.2) is 24.3 Å². The molecule has 30 heavy (non-hydrogen) atoms. The Morgan fingerprint density at radius 1 is 1.10 bits per heavy atom. The first-order chi connectivity index (χ1) is 14.6. The molecule has 0 aliphatic heterocycles. The Morgan fingerprint density at radius 2 is 1.73 bits per heavy atom. The van der Waals surface area contributed by atoms with Gasteiger partial charge in [-0.1, -0.05) is 31.9 Å². The van der Waals surface area contributed by atoms with E-state index in [1.54, 1.807) is 31.4 Å². The van der Waals surface area contributed by atoms with Crippen LogP contribution in [0.2, 0.25) is 0 Å². The van der Waals surface area contributed by atoms with Gasteiger partial charge in [-0.05, 0) is 18.2 Å². The lowest BCUT2D eigenvalue weighted by Gasteiger charge is -2.13. The molecule has 1 aromatic carbocycles. The van der Waals surface area contributed by atoms with E-state index in [-0.39, 0.29) is 11.9 Å². The molecule has 0 saturated heterocycles. The number of ketones is 1. The van der Waals surface area contributed by atoms with Gasteiger partial charge in [0.1, 0.15) is 11.4 Å². The number of nitrogens with zero attached hydrogens (tertiary/aromatic N) is 1. The highest BCUT2D eigenvalue weighted by molar-refractivity contribution is 6.11. The number of rotatable bonds is 6. The molecule has 1 aliphatic carbocycles. The van der Waals surface area contributed by atoms with E-state index in [1.807, 2.05) is 19.9 Å². The third-order valence-electron chi connectivity index (χ3n) is 4.42. The van der Waals surface area contributed by atoms with Gasteiger partial charge < -0.3 is 18.9 Å². The second-order valence-electron chi connectivity index (χ2n) is 5.89. The SMILES string of the molecule is C#CC1=CC(OC)C=Cc2c1n[nH]c2C(=O)c1cc(OC)c(OC)c(OC)c1.CC. The van der Waals surface area contributed by atoms with Crippen molar-refractivity contribution < 1.29 is 23.7 Å². The molecule has 1 atom stereocenters. The van der Waals surface area contributed by atoms with E-state index >= 15 is 0 Å².